The fraction of sp³-hybridized carbons (Fsp3) is 0.467. The SMILES string of the molecule is O=P(O)(O)C(F)(F)c1cc2nc(NCC[C@H]3CCCS3(=O)=O)ncc2cc1Br. The Bertz CT molecular complexity index is 1060. The van der Waals surface area contributed by atoms with Crippen LogP contribution in [0.3, 0.4) is 0 Å². The van der Waals surface area contributed by atoms with Crippen molar-refractivity contribution in [1.82, 2.24) is 9.97 Å². The lowest BCUT2D eigenvalue weighted by molar-refractivity contribution is 0.0558. The minimum Gasteiger partial charge on any atom is -0.354 e. The van der Waals surface area contributed by atoms with Gasteiger partial charge >= 0.3 is 13.3 Å². The Kier molecular flexibility index (Phi) is 5.81. The van der Waals surface area contributed by atoms with Gasteiger partial charge in [0.15, 0.2) is 9.84 Å². The van der Waals surface area contributed by atoms with Crippen molar-refractivity contribution >= 4 is 50.2 Å². The van der Waals surface area contributed by atoms with Crippen molar-refractivity contribution in [3.05, 3.63) is 28.4 Å². The van der Waals surface area contributed by atoms with Crippen molar-refractivity contribution < 1.29 is 31.6 Å². The van der Waals surface area contributed by atoms with Crippen LogP contribution in [0.2, 0.25) is 0 Å². The highest BCUT2D eigenvalue weighted by Crippen LogP contribution is 2.60. The number of nitrogens with zero attached hydrogens (tertiary/aromatic N) is 2. The van der Waals surface area contributed by atoms with Gasteiger partial charge in [-0.05, 0) is 31.4 Å². The van der Waals surface area contributed by atoms with E-state index in [-0.39, 0.29) is 28.2 Å². The van der Waals surface area contributed by atoms with Crippen molar-refractivity contribution in [2.45, 2.75) is 30.2 Å². The Morgan fingerprint density at radius 3 is 2.68 bits per heavy atom. The van der Waals surface area contributed by atoms with Crippen LogP contribution in [0.25, 0.3) is 10.9 Å². The highest BCUT2D eigenvalue weighted by molar-refractivity contribution is 9.10. The second kappa shape index (κ2) is 7.56. The number of hydrogen-bond acceptors (Lipinski definition) is 6. The minimum absolute atomic E-state index is 0.0670. The first-order valence-corrected chi connectivity index (χ1v) is 12.4. The van der Waals surface area contributed by atoms with E-state index >= 15 is 0 Å². The van der Waals surface area contributed by atoms with Crippen molar-refractivity contribution in [2.24, 2.45) is 0 Å². The zero-order valence-corrected chi connectivity index (χ0v) is 17.6. The highest BCUT2D eigenvalue weighted by atomic mass is 79.9. The Hall–Kier alpha value is -1.20. The number of rotatable bonds is 6. The van der Waals surface area contributed by atoms with Gasteiger partial charge in [0.25, 0.3) is 0 Å². The molecule has 0 aliphatic carbocycles. The van der Waals surface area contributed by atoms with Crippen LogP contribution in [0, 0.1) is 0 Å². The van der Waals surface area contributed by atoms with Crippen LogP contribution in [0.15, 0.2) is 22.8 Å². The summed E-state index contributed by atoms with van der Waals surface area (Å²) in [5, 5.41) is 2.84. The van der Waals surface area contributed by atoms with Gasteiger partial charge in [0.2, 0.25) is 5.95 Å². The fourth-order valence-electron chi connectivity index (χ4n) is 3.05. The summed E-state index contributed by atoms with van der Waals surface area (Å²) in [5.41, 5.74) is -5.19. The van der Waals surface area contributed by atoms with E-state index in [0.717, 1.165) is 6.07 Å². The Morgan fingerprint density at radius 2 is 2.07 bits per heavy atom. The second-order valence-electron chi connectivity index (χ2n) is 6.52. The third-order valence-corrected chi connectivity index (χ3v) is 8.54. The third kappa shape index (κ3) is 4.20. The zero-order chi connectivity index (χ0) is 20.7. The summed E-state index contributed by atoms with van der Waals surface area (Å²) in [7, 11) is -8.79. The lowest BCUT2D eigenvalue weighted by atomic mass is 10.1. The zero-order valence-electron chi connectivity index (χ0n) is 14.3. The molecule has 1 aromatic heterocycles. The van der Waals surface area contributed by atoms with E-state index in [2.05, 4.69) is 31.2 Å². The summed E-state index contributed by atoms with van der Waals surface area (Å²) in [6, 6.07) is 2.15. The van der Waals surface area contributed by atoms with Gasteiger partial charge < -0.3 is 15.1 Å². The molecule has 1 aliphatic heterocycles. The highest BCUT2D eigenvalue weighted by Gasteiger charge is 2.51. The van der Waals surface area contributed by atoms with Gasteiger partial charge in [-0.2, -0.15) is 8.78 Å². The van der Waals surface area contributed by atoms with Crippen molar-refractivity contribution in [2.75, 3.05) is 17.6 Å². The average molecular weight is 500 g/mol. The molecule has 0 bridgehead atoms. The smallest absolute Gasteiger partial charge is 0.354 e. The Morgan fingerprint density at radius 1 is 1.36 bits per heavy atom. The molecule has 8 nitrogen and oxygen atoms in total. The lowest BCUT2D eigenvalue weighted by Gasteiger charge is -2.19. The monoisotopic (exact) mass is 499 g/mol. The molecule has 3 N–H and O–H groups in total. The Labute approximate surface area is 168 Å². The molecule has 2 aromatic rings. The first kappa shape index (κ1) is 21.5. The molecule has 0 radical (unpaired) electrons. The van der Waals surface area contributed by atoms with E-state index in [4.69, 9.17) is 9.79 Å². The topological polar surface area (TPSA) is 129 Å². The van der Waals surface area contributed by atoms with E-state index in [1.165, 1.54) is 12.3 Å². The number of halogens is 3. The number of benzene rings is 1. The van der Waals surface area contributed by atoms with Crippen LogP contribution in [0.1, 0.15) is 24.8 Å². The van der Waals surface area contributed by atoms with Gasteiger partial charge in [-0.15, -0.1) is 0 Å². The number of hydrogen-bond donors (Lipinski definition) is 3. The molecule has 0 unspecified atom stereocenters. The molecule has 2 heterocycles. The van der Waals surface area contributed by atoms with E-state index in [0.29, 0.717) is 24.6 Å². The van der Waals surface area contributed by atoms with Crippen LogP contribution in [-0.2, 0) is 20.1 Å². The predicted molar refractivity (Wildman–Crippen MR) is 103 cm³/mol. The van der Waals surface area contributed by atoms with Crippen LogP contribution < -0.4 is 5.32 Å². The molecule has 1 fully saturated rings. The van der Waals surface area contributed by atoms with Gasteiger partial charge in [-0.25, -0.2) is 18.4 Å². The number of fused-ring (bicyclic) bond motifs is 1. The number of anilines is 1. The molecule has 13 heteroatoms. The summed E-state index contributed by atoms with van der Waals surface area (Å²) < 4.78 is 62.8. The molecule has 3 rings (SSSR count). The quantitative estimate of drug-likeness (QED) is 0.517. The minimum atomic E-state index is -5.73. The molecule has 1 saturated heterocycles. The third-order valence-electron chi connectivity index (χ3n) is 4.57. The Balaban J connectivity index is 1.82. The van der Waals surface area contributed by atoms with Gasteiger partial charge in [0.1, 0.15) is 0 Å². The van der Waals surface area contributed by atoms with E-state index in [1.54, 1.807) is 0 Å². The maximum Gasteiger partial charge on any atom is 0.399 e. The molecule has 0 amide bonds. The van der Waals surface area contributed by atoms with Crippen LogP contribution in [-0.4, -0.2) is 45.7 Å². The predicted octanol–water partition coefficient (Wildman–Crippen LogP) is 3.00. The van der Waals surface area contributed by atoms with E-state index < -0.39 is 33.9 Å². The average Bonchev–Trinajstić information content (AvgIpc) is 2.92. The second-order valence-corrected chi connectivity index (χ2v) is 11.4. The summed E-state index contributed by atoms with van der Waals surface area (Å²) in [4.78, 5) is 26.1. The largest absolute Gasteiger partial charge is 0.399 e. The molecule has 154 valence electrons. The standard InChI is InChI=1S/C15H17BrF2N3O5PS/c16-12-6-9-8-20-14(19-4-3-10-2-1-5-28(10,25)26)21-13(9)7-11(12)15(17,18)27(22,23)24/h6-8,10H,1-5H2,(H,19,20,21)(H2,22,23,24)/t10-/m1/s1. The van der Waals surface area contributed by atoms with Gasteiger partial charge in [-0.3, -0.25) is 4.57 Å². The summed E-state index contributed by atoms with van der Waals surface area (Å²) >= 11 is 2.90. The molecule has 28 heavy (non-hydrogen) atoms. The molecule has 0 saturated carbocycles. The van der Waals surface area contributed by atoms with Gasteiger partial charge in [-0.1, -0.05) is 15.9 Å². The van der Waals surface area contributed by atoms with Gasteiger partial charge in [0, 0.05) is 28.2 Å². The normalized spacial score (nSPS) is 19.8. The van der Waals surface area contributed by atoms with Crippen LogP contribution in [0.5, 0.6) is 0 Å². The summed E-state index contributed by atoms with van der Waals surface area (Å²) in [6.07, 6.45) is 3.01. The molecule has 1 aliphatic rings. The lowest BCUT2D eigenvalue weighted by Crippen LogP contribution is -2.20. The number of alkyl halides is 2. The van der Waals surface area contributed by atoms with E-state index in [9.17, 15) is 21.8 Å². The summed E-state index contributed by atoms with van der Waals surface area (Å²) in [5.74, 6) is 0.297. The fourth-order valence-corrected chi connectivity index (χ4v) is 6.22. The van der Waals surface area contributed by atoms with Crippen LogP contribution >= 0.6 is 23.5 Å². The van der Waals surface area contributed by atoms with Crippen molar-refractivity contribution in [3.8, 4) is 0 Å². The first-order chi connectivity index (χ1) is 12.9. The number of sulfone groups is 1. The number of aromatic nitrogens is 2. The maximum atomic E-state index is 14.1. The summed E-state index contributed by atoms with van der Waals surface area (Å²) in [6.45, 7) is 0.289. The van der Waals surface area contributed by atoms with Gasteiger partial charge in [0.05, 0.1) is 16.5 Å². The van der Waals surface area contributed by atoms with Crippen molar-refractivity contribution in [1.29, 1.82) is 0 Å². The van der Waals surface area contributed by atoms with Crippen LogP contribution in [0.4, 0.5) is 14.7 Å². The maximum absolute atomic E-state index is 14.1. The molecule has 1 aromatic carbocycles. The first-order valence-electron chi connectivity index (χ1n) is 8.27. The molecular formula is C15H17BrF2N3O5PS. The van der Waals surface area contributed by atoms with Crippen molar-refractivity contribution in [3.63, 3.8) is 0 Å². The number of nitrogens with one attached hydrogen (secondary N) is 1. The molecule has 1 atom stereocenters. The molecular weight excluding hydrogens is 483 g/mol. The van der Waals surface area contributed by atoms with E-state index in [1.807, 2.05) is 0 Å². The molecule has 0 spiro atoms.